The van der Waals surface area contributed by atoms with Gasteiger partial charge in [-0.05, 0) is 37.9 Å². The molecule has 2 heterocycles. The second-order valence-electron chi connectivity index (χ2n) is 8.50. The standard InChI is InChI=1S/C23H29N5O7/c1-12(23(34)35)26-21(32)18(10-19(29)30)28-22(33)17(27-20(31)16-7-4-8-24-16)9-13-11-25-15-6-3-2-5-14(13)15/h2-3,5-6,11-12,16-18,24-25H,4,7-10H2,1H3,(H,26,32)(H,27,31)(H,28,33)(H,29,30)(H,34,35). The number of H-pyrrole nitrogens is 1. The first-order chi connectivity index (χ1) is 16.7. The van der Waals surface area contributed by atoms with Crippen molar-refractivity contribution in [3.8, 4) is 0 Å². The van der Waals surface area contributed by atoms with Crippen LogP contribution in [0.25, 0.3) is 10.9 Å². The molecule has 188 valence electrons. The normalized spacial score (nSPS) is 17.8. The van der Waals surface area contributed by atoms with Crippen molar-refractivity contribution >= 4 is 40.6 Å². The van der Waals surface area contributed by atoms with Crippen molar-refractivity contribution in [2.24, 2.45) is 0 Å². The fourth-order valence-electron chi connectivity index (χ4n) is 3.94. The largest absolute Gasteiger partial charge is 0.481 e. The monoisotopic (exact) mass is 487 g/mol. The molecule has 12 heteroatoms. The summed E-state index contributed by atoms with van der Waals surface area (Å²) in [7, 11) is 0. The number of hydrogen-bond acceptors (Lipinski definition) is 6. The third kappa shape index (κ3) is 6.79. The lowest BCUT2D eigenvalue weighted by atomic mass is 10.0. The quantitative estimate of drug-likeness (QED) is 0.221. The first kappa shape index (κ1) is 25.7. The number of nitrogens with one attached hydrogen (secondary N) is 5. The summed E-state index contributed by atoms with van der Waals surface area (Å²) in [4.78, 5) is 64.0. The topological polar surface area (TPSA) is 190 Å². The number of aliphatic carboxylic acids is 2. The number of carbonyl (C=O) groups excluding carboxylic acids is 3. The maximum absolute atomic E-state index is 13.2. The Morgan fingerprint density at radius 1 is 1.03 bits per heavy atom. The third-order valence-electron chi connectivity index (χ3n) is 5.85. The Labute approximate surface area is 200 Å². The number of fused-ring (bicyclic) bond motifs is 1. The molecule has 0 bridgehead atoms. The van der Waals surface area contributed by atoms with Gasteiger partial charge in [0, 0.05) is 23.5 Å². The van der Waals surface area contributed by atoms with Crippen LogP contribution in [0.4, 0.5) is 0 Å². The van der Waals surface area contributed by atoms with Crippen molar-refractivity contribution in [1.82, 2.24) is 26.3 Å². The SMILES string of the molecule is CC(NC(=O)C(CC(=O)O)NC(=O)C(Cc1c[nH]c2ccccc12)NC(=O)C1CCCN1)C(=O)O. The zero-order valence-electron chi connectivity index (χ0n) is 19.2. The van der Waals surface area contributed by atoms with Crippen LogP contribution in [0.15, 0.2) is 30.5 Å². The first-order valence-corrected chi connectivity index (χ1v) is 11.3. The summed E-state index contributed by atoms with van der Waals surface area (Å²) in [5.74, 6) is -4.76. The molecule has 1 aromatic carbocycles. The maximum atomic E-state index is 13.2. The van der Waals surface area contributed by atoms with Crippen molar-refractivity contribution in [2.45, 2.75) is 56.8 Å². The summed E-state index contributed by atoms with van der Waals surface area (Å²) < 4.78 is 0. The molecule has 1 aliphatic heterocycles. The third-order valence-corrected chi connectivity index (χ3v) is 5.85. The van der Waals surface area contributed by atoms with E-state index in [9.17, 15) is 29.1 Å². The summed E-state index contributed by atoms with van der Waals surface area (Å²) in [5.41, 5.74) is 1.59. The van der Waals surface area contributed by atoms with E-state index >= 15 is 0 Å². The fourth-order valence-corrected chi connectivity index (χ4v) is 3.94. The van der Waals surface area contributed by atoms with E-state index in [1.807, 2.05) is 24.3 Å². The number of hydrogen-bond donors (Lipinski definition) is 7. The molecule has 3 amide bonds. The van der Waals surface area contributed by atoms with Crippen LogP contribution in [-0.2, 0) is 30.4 Å². The average molecular weight is 488 g/mol. The van der Waals surface area contributed by atoms with E-state index in [0.717, 1.165) is 22.9 Å². The zero-order valence-corrected chi connectivity index (χ0v) is 19.2. The van der Waals surface area contributed by atoms with Gasteiger partial charge >= 0.3 is 11.9 Å². The number of para-hydroxylation sites is 1. The highest BCUT2D eigenvalue weighted by Gasteiger charge is 2.32. The van der Waals surface area contributed by atoms with Gasteiger partial charge in [0.1, 0.15) is 18.1 Å². The molecule has 0 spiro atoms. The lowest BCUT2D eigenvalue weighted by Crippen LogP contribution is -2.57. The van der Waals surface area contributed by atoms with Crippen LogP contribution in [0, 0.1) is 0 Å². The van der Waals surface area contributed by atoms with Crippen molar-refractivity contribution in [1.29, 1.82) is 0 Å². The Bertz CT molecular complexity index is 1110. The second kappa shape index (κ2) is 11.5. The highest BCUT2D eigenvalue weighted by atomic mass is 16.4. The van der Waals surface area contributed by atoms with E-state index < -0.39 is 54.3 Å². The van der Waals surface area contributed by atoms with E-state index in [0.29, 0.717) is 13.0 Å². The number of carbonyl (C=O) groups is 5. The summed E-state index contributed by atoms with van der Waals surface area (Å²) in [6.07, 6.45) is 2.48. The van der Waals surface area contributed by atoms with E-state index in [1.54, 1.807) is 6.20 Å². The lowest BCUT2D eigenvalue weighted by molar-refractivity contribution is -0.143. The summed E-state index contributed by atoms with van der Waals surface area (Å²) >= 11 is 0. The molecule has 35 heavy (non-hydrogen) atoms. The van der Waals surface area contributed by atoms with Crippen molar-refractivity contribution in [2.75, 3.05) is 6.54 Å². The number of amides is 3. The Morgan fingerprint density at radius 3 is 2.40 bits per heavy atom. The molecule has 4 unspecified atom stereocenters. The number of benzene rings is 1. The minimum atomic E-state index is -1.53. The molecule has 4 atom stereocenters. The predicted octanol–water partition coefficient (Wildman–Crippen LogP) is -0.504. The van der Waals surface area contributed by atoms with Gasteiger partial charge in [0.05, 0.1) is 12.5 Å². The van der Waals surface area contributed by atoms with Crippen LogP contribution in [0.2, 0.25) is 0 Å². The molecule has 1 aromatic heterocycles. The molecule has 0 saturated carbocycles. The minimum absolute atomic E-state index is 0.0846. The van der Waals surface area contributed by atoms with E-state index in [4.69, 9.17) is 5.11 Å². The zero-order chi connectivity index (χ0) is 25.5. The maximum Gasteiger partial charge on any atom is 0.325 e. The Balaban J connectivity index is 1.81. The number of aromatic amines is 1. The molecule has 2 aromatic rings. The Morgan fingerprint density at radius 2 is 1.74 bits per heavy atom. The Hall–Kier alpha value is -3.93. The van der Waals surface area contributed by atoms with E-state index in [-0.39, 0.29) is 12.3 Å². The van der Waals surface area contributed by atoms with Crippen molar-refractivity contribution in [3.63, 3.8) is 0 Å². The molecule has 12 nitrogen and oxygen atoms in total. The van der Waals surface area contributed by atoms with Gasteiger partial charge in [0.25, 0.3) is 0 Å². The highest BCUT2D eigenvalue weighted by molar-refractivity contribution is 5.96. The molecule has 1 saturated heterocycles. The van der Waals surface area contributed by atoms with Crippen LogP contribution < -0.4 is 21.3 Å². The molecular formula is C23H29N5O7. The van der Waals surface area contributed by atoms with E-state index in [1.165, 1.54) is 6.92 Å². The molecule has 1 fully saturated rings. The van der Waals surface area contributed by atoms with Crippen LogP contribution in [-0.4, -0.2) is 75.6 Å². The fraction of sp³-hybridized carbons (Fsp3) is 0.435. The molecule has 7 N–H and O–H groups in total. The van der Waals surface area contributed by atoms with Crippen LogP contribution in [0.3, 0.4) is 0 Å². The Kier molecular flexibility index (Phi) is 8.42. The molecule has 1 aliphatic rings. The van der Waals surface area contributed by atoms with E-state index in [2.05, 4.69) is 26.3 Å². The predicted molar refractivity (Wildman–Crippen MR) is 124 cm³/mol. The van der Waals surface area contributed by atoms with Crippen molar-refractivity contribution in [3.05, 3.63) is 36.0 Å². The first-order valence-electron chi connectivity index (χ1n) is 11.3. The number of aromatic nitrogens is 1. The van der Waals surface area contributed by atoms with Gasteiger partial charge in [-0.3, -0.25) is 24.0 Å². The van der Waals surface area contributed by atoms with Gasteiger partial charge in [0.15, 0.2) is 0 Å². The minimum Gasteiger partial charge on any atom is -0.481 e. The van der Waals surface area contributed by atoms with Gasteiger partial charge in [-0.1, -0.05) is 18.2 Å². The van der Waals surface area contributed by atoms with Gasteiger partial charge in [0.2, 0.25) is 17.7 Å². The molecule has 3 rings (SSSR count). The van der Waals surface area contributed by atoms with Gasteiger partial charge in [-0.2, -0.15) is 0 Å². The van der Waals surface area contributed by atoms with Crippen LogP contribution in [0.5, 0.6) is 0 Å². The van der Waals surface area contributed by atoms with Gasteiger partial charge < -0.3 is 36.5 Å². The smallest absolute Gasteiger partial charge is 0.325 e. The average Bonchev–Trinajstić information content (AvgIpc) is 3.48. The van der Waals surface area contributed by atoms with Gasteiger partial charge in [-0.15, -0.1) is 0 Å². The summed E-state index contributed by atoms with van der Waals surface area (Å²) in [6.45, 7) is 1.90. The highest BCUT2D eigenvalue weighted by Crippen LogP contribution is 2.19. The second-order valence-corrected chi connectivity index (χ2v) is 8.50. The molecular weight excluding hydrogens is 458 g/mol. The van der Waals surface area contributed by atoms with Gasteiger partial charge in [-0.25, -0.2) is 0 Å². The number of carboxylic acids is 2. The van der Waals surface area contributed by atoms with Crippen molar-refractivity contribution < 1.29 is 34.2 Å². The summed E-state index contributed by atoms with van der Waals surface area (Å²) in [6, 6.07) is 3.05. The number of carboxylic acid groups (broad SMARTS) is 2. The van der Waals surface area contributed by atoms with Crippen LogP contribution >= 0.6 is 0 Å². The number of rotatable bonds is 11. The van der Waals surface area contributed by atoms with Crippen LogP contribution in [0.1, 0.15) is 31.7 Å². The molecule has 0 aliphatic carbocycles. The molecule has 0 radical (unpaired) electrons. The summed E-state index contributed by atoms with van der Waals surface area (Å²) in [5, 5.41) is 29.4. The lowest BCUT2D eigenvalue weighted by Gasteiger charge is -2.24.